The molecule has 28 heavy (non-hydrogen) atoms. The summed E-state index contributed by atoms with van der Waals surface area (Å²) in [6.45, 7) is 8.02. The van der Waals surface area contributed by atoms with Crippen LogP contribution in [-0.4, -0.2) is 62.8 Å². The van der Waals surface area contributed by atoms with Crippen LogP contribution in [0.4, 0.5) is 4.79 Å². The Morgan fingerprint density at radius 3 is 2.64 bits per heavy atom. The van der Waals surface area contributed by atoms with Crippen LogP contribution in [0.2, 0.25) is 5.02 Å². The number of rotatable bonds is 3. The summed E-state index contributed by atoms with van der Waals surface area (Å²) in [5, 5.41) is 3.32. The van der Waals surface area contributed by atoms with Gasteiger partial charge in [-0.15, -0.1) is 11.0 Å². The van der Waals surface area contributed by atoms with E-state index in [9.17, 15) is 13.2 Å². The number of hydrogen-bond donors (Lipinski definition) is 1. The summed E-state index contributed by atoms with van der Waals surface area (Å²) in [6, 6.07) is 6.56. The lowest BCUT2D eigenvalue weighted by Gasteiger charge is -2.23. The van der Waals surface area contributed by atoms with Gasteiger partial charge in [0.15, 0.2) is 0 Å². The van der Waals surface area contributed by atoms with Crippen molar-refractivity contribution in [2.45, 2.75) is 13.3 Å². The van der Waals surface area contributed by atoms with Crippen LogP contribution in [0.15, 0.2) is 46.9 Å². The zero-order valence-electron chi connectivity index (χ0n) is 15.7. The molecule has 2 aliphatic heterocycles. The number of urea groups is 1. The number of halogens is 1. The molecule has 1 aromatic carbocycles. The Morgan fingerprint density at radius 2 is 1.96 bits per heavy atom. The number of amidine groups is 1. The lowest BCUT2D eigenvalue weighted by molar-refractivity contribution is 0.201. The van der Waals surface area contributed by atoms with Gasteiger partial charge in [0.2, 0.25) is 0 Å². The van der Waals surface area contributed by atoms with Crippen LogP contribution >= 0.6 is 11.6 Å². The quantitative estimate of drug-likeness (QED) is 0.759. The van der Waals surface area contributed by atoms with Crippen molar-refractivity contribution in [2.75, 3.05) is 32.7 Å². The first kappa shape index (κ1) is 20.4. The van der Waals surface area contributed by atoms with Gasteiger partial charge in [0.05, 0.1) is 0 Å². The van der Waals surface area contributed by atoms with Crippen LogP contribution in [0.5, 0.6) is 0 Å². The molecule has 3 rings (SSSR count). The Balaban J connectivity index is 1.81. The molecular weight excluding hydrogens is 400 g/mol. The van der Waals surface area contributed by atoms with E-state index >= 15 is 0 Å². The molecule has 7 nitrogen and oxygen atoms in total. The minimum Gasteiger partial charge on any atom is -0.354 e. The fraction of sp³-hybridized carbons (Fsp3) is 0.368. The smallest absolute Gasteiger partial charge is 0.317 e. The van der Waals surface area contributed by atoms with E-state index < -0.39 is 10.0 Å². The summed E-state index contributed by atoms with van der Waals surface area (Å²) in [7, 11) is -3.78. The van der Waals surface area contributed by atoms with E-state index in [-0.39, 0.29) is 10.9 Å². The second-order valence-corrected chi connectivity index (χ2v) is 8.63. The largest absolute Gasteiger partial charge is 0.354 e. The van der Waals surface area contributed by atoms with Crippen LogP contribution in [-0.2, 0) is 10.0 Å². The summed E-state index contributed by atoms with van der Waals surface area (Å²) in [5.74, 6) is 0.457. The highest BCUT2D eigenvalue weighted by molar-refractivity contribution is 8.00. The Hall–Kier alpha value is -2.32. The molecule has 0 aliphatic carbocycles. The van der Waals surface area contributed by atoms with Gasteiger partial charge in [0.25, 0.3) is 10.0 Å². The molecule has 0 bridgehead atoms. The van der Waals surface area contributed by atoms with Gasteiger partial charge in [0.1, 0.15) is 10.7 Å². The van der Waals surface area contributed by atoms with Gasteiger partial charge in [-0.05, 0) is 31.0 Å². The third-order valence-corrected chi connectivity index (χ3v) is 6.45. The Kier molecular flexibility index (Phi) is 6.10. The summed E-state index contributed by atoms with van der Waals surface area (Å²) in [4.78, 5) is 16.1. The number of amides is 2. The third kappa shape index (κ3) is 4.23. The van der Waals surface area contributed by atoms with E-state index in [1.165, 1.54) is 0 Å². The van der Waals surface area contributed by atoms with Crippen molar-refractivity contribution in [3.63, 3.8) is 0 Å². The molecule has 0 aromatic heterocycles. The van der Waals surface area contributed by atoms with Crippen LogP contribution in [0, 0.1) is 0 Å². The number of carbonyl (C=O) groups is 1. The van der Waals surface area contributed by atoms with E-state index in [1.54, 1.807) is 42.2 Å². The van der Waals surface area contributed by atoms with E-state index in [0.29, 0.717) is 54.7 Å². The maximum atomic E-state index is 12.7. The first-order valence-corrected chi connectivity index (χ1v) is 10.9. The number of nitrogens with zero attached hydrogens (tertiary/aromatic N) is 3. The molecule has 0 spiro atoms. The van der Waals surface area contributed by atoms with Crippen LogP contribution in [0.3, 0.4) is 0 Å². The van der Waals surface area contributed by atoms with Crippen molar-refractivity contribution in [1.29, 1.82) is 0 Å². The fourth-order valence-corrected chi connectivity index (χ4v) is 5.00. The number of nitrogens with one attached hydrogen (secondary N) is 1. The molecule has 1 N–H and O–H groups in total. The molecule has 2 aliphatic rings. The normalized spacial score (nSPS) is 19.3. The Morgan fingerprint density at radius 1 is 1.25 bits per heavy atom. The predicted molar refractivity (Wildman–Crippen MR) is 112 cm³/mol. The number of sulfonamides is 1. The van der Waals surface area contributed by atoms with Crippen LogP contribution in [0.25, 0.3) is 4.91 Å². The van der Waals surface area contributed by atoms with Gasteiger partial charge in [-0.25, -0.2) is 4.79 Å². The number of benzene rings is 1. The minimum atomic E-state index is -3.78. The van der Waals surface area contributed by atoms with E-state index in [2.05, 4.69) is 16.3 Å². The van der Waals surface area contributed by atoms with Crippen molar-refractivity contribution in [2.24, 2.45) is 4.40 Å². The van der Waals surface area contributed by atoms with Crippen LogP contribution < -0.4 is 5.32 Å². The summed E-state index contributed by atoms with van der Waals surface area (Å²) in [5.41, 5.74) is 1.19. The molecule has 1 aromatic rings. The highest BCUT2D eigenvalue weighted by Gasteiger charge is 2.34. The lowest BCUT2D eigenvalue weighted by atomic mass is 10.1. The second kappa shape index (κ2) is 8.36. The first-order valence-electron chi connectivity index (χ1n) is 9.04. The van der Waals surface area contributed by atoms with E-state index in [0.717, 1.165) is 6.42 Å². The summed E-state index contributed by atoms with van der Waals surface area (Å²) in [6.07, 6.45) is 2.36. The van der Waals surface area contributed by atoms with Gasteiger partial charge in [-0.1, -0.05) is 29.8 Å². The topological polar surface area (TPSA) is 82.1 Å². The van der Waals surface area contributed by atoms with Gasteiger partial charge < -0.3 is 15.1 Å². The zero-order valence-corrected chi connectivity index (χ0v) is 17.3. The average molecular weight is 423 g/mol. The van der Waals surface area contributed by atoms with Crippen molar-refractivity contribution in [1.82, 2.24) is 15.1 Å². The third-order valence-electron chi connectivity index (χ3n) is 4.73. The van der Waals surface area contributed by atoms with Crippen LogP contribution in [0.1, 0.15) is 18.9 Å². The number of carbonyl (C=O) groups excluding carboxylic acids is 1. The lowest BCUT2D eigenvalue weighted by Crippen LogP contribution is -2.42. The molecular formula is C19H23ClN4O3S. The monoisotopic (exact) mass is 422 g/mol. The maximum Gasteiger partial charge on any atom is 0.317 e. The molecule has 1 saturated heterocycles. The van der Waals surface area contributed by atoms with Crippen molar-refractivity contribution >= 4 is 38.4 Å². The van der Waals surface area contributed by atoms with Gasteiger partial charge in [0, 0.05) is 43.3 Å². The second-order valence-electron chi connectivity index (χ2n) is 6.65. The Bertz CT molecular complexity index is 938. The SMILES string of the molecule is C=CCNC(=O)N1CCCN(C2=NS(=O)(=O)C(c3ccc(Cl)cc3)=C2C)CC1. The van der Waals surface area contributed by atoms with Gasteiger partial charge >= 0.3 is 6.03 Å². The average Bonchev–Trinajstić information content (AvgIpc) is 2.83. The highest BCUT2D eigenvalue weighted by Crippen LogP contribution is 2.34. The molecule has 1 fully saturated rings. The molecule has 9 heteroatoms. The fourth-order valence-electron chi connectivity index (χ4n) is 3.39. The van der Waals surface area contributed by atoms with E-state index in [1.807, 2.05) is 4.90 Å². The van der Waals surface area contributed by atoms with E-state index in [4.69, 9.17) is 11.6 Å². The summed E-state index contributed by atoms with van der Waals surface area (Å²) >= 11 is 5.92. The molecule has 0 atom stereocenters. The molecule has 150 valence electrons. The molecule has 0 radical (unpaired) electrons. The van der Waals surface area contributed by atoms with Gasteiger partial charge in [-0.2, -0.15) is 8.42 Å². The highest BCUT2D eigenvalue weighted by atomic mass is 35.5. The molecule has 2 heterocycles. The Labute approximate surface area is 170 Å². The number of hydrogen-bond acceptors (Lipinski definition) is 4. The molecule has 0 unspecified atom stereocenters. The van der Waals surface area contributed by atoms with Gasteiger partial charge in [-0.3, -0.25) is 0 Å². The van der Waals surface area contributed by atoms with Crippen molar-refractivity contribution in [3.8, 4) is 0 Å². The zero-order chi connectivity index (χ0) is 20.3. The molecule has 2 amide bonds. The van der Waals surface area contributed by atoms with Crippen molar-refractivity contribution in [3.05, 3.63) is 53.1 Å². The summed E-state index contributed by atoms with van der Waals surface area (Å²) < 4.78 is 29.4. The molecule has 0 saturated carbocycles. The van der Waals surface area contributed by atoms with Crippen molar-refractivity contribution < 1.29 is 13.2 Å². The maximum absolute atomic E-state index is 12.7. The first-order chi connectivity index (χ1) is 13.3. The predicted octanol–water partition coefficient (Wildman–Crippen LogP) is 2.72. The minimum absolute atomic E-state index is 0.142. The standard InChI is InChI=1S/C19H23ClN4O3S/c1-3-9-21-19(25)24-11-4-10-23(12-13-24)18-14(2)17(28(26,27)22-18)15-5-7-16(20)8-6-15/h3,5-8H,1,4,9-13H2,2H3,(H,21,25).